The second-order valence-electron chi connectivity index (χ2n) is 12.2. The number of hydrogen-bond acceptors (Lipinski definition) is 2. The Kier molecular flexibility index (Phi) is 7.44. The second kappa shape index (κ2) is 11.7. The third-order valence-electron chi connectivity index (χ3n) is 9.39. The van der Waals surface area contributed by atoms with E-state index in [0.29, 0.717) is 5.92 Å². The Morgan fingerprint density at radius 2 is 1.59 bits per heavy atom. The van der Waals surface area contributed by atoms with Crippen molar-refractivity contribution in [1.82, 2.24) is 0 Å². The number of hydrogen-bond donors (Lipinski definition) is 0. The predicted molar refractivity (Wildman–Crippen MR) is 189 cm³/mol. The maximum Gasteiger partial charge on any atom is 0.0707 e. The minimum atomic E-state index is -0.0203. The van der Waals surface area contributed by atoms with Crippen molar-refractivity contribution in [2.45, 2.75) is 45.1 Å². The first-order valence-corrected chi connectivity index (χ1v) is 16.0. The minimum Gasteiger partial charge on any atom is -0.331 e. The zero-order valence-corrected chi connectivity index (χ0v) is 25.8. The third-order valence-corrected chi connectivity index (χ3v) is 9.39. The van der Waals surface area contributed by atoms with Crippen molar-refractivity contribution < 1.29 is 0 Å². The summed E-state index contributed by atoms with van der Waals surface area (Å²) in [5, 5.41) is 0. The molecular weight excluding hydrogens is 532 g/mol. The first kappa shape index (κ1) is 28.0. The number of aryl methyl sites for hydroxylation is 2. The van der Waals surface area contributed by atoms with Crippen molar-refractivity contribution in [1.29, 1.82) is 0 Å². The van der Waals surface area contributed by atoms with E-state index in [-0.39, 0.29) is 5.54 Å². The molecule has 44 heavy (non-hydrogen) atoms. The van der Waals surface area contributed by atoms with E-state index in [1.807, 2.05) is 6.08 Å². The summed E-state index contributed by atoms with van der Waals surface area (Å²) >= 11 is 0. The van der Waals surface area contributed by atoms with Gasteiger partial charge in [-0.25, -0.2) is 0 Å². The number of benzene rings is 4. The van der Waals surface area contributed by atoms with Crippen molar-refractivity contribution >= 4 is 34.4 Å². The van der Waals surface area contributed by atoms with Crippen LogP contribution in [0, 0.1) is 12.8 Å². The highest BCUT2D eigenvalue weighted by Gasteiger charge is 2.57. The quantitative estimate of drug-likeness (QED) is 0.197. The van der Waals surface area contributed by atoms with E-state index in [2.05, 4.69) is 164 Å². The van der Waals surface area contributed by atoms with Gasteiger partial charge in [-0.05, 0) is 115 Å². The van der Waals surface area contributed by atoms with Gasteiger partial charge in [0.25, 0.3) is 0 Å². The van der Waals surface area contributed by atoms with Crippen molar-refractivity contribution in [2.24, 2.45) is 5.92 Å². The predicted octanol–water partition coefficient (Wildman–Crippen LogP) is 11.1. The first-order chi connectivity index (χ1) is 21.6. The second-order valence-corrected chi connectivity index (χ2v) is 12.2. The number of nitrogens with zero attached hydrogens (tertiary/aromatic N) is 2. The molecule has 0 aliphatic heterocycles. The Labute approximate surface area is 262 Å². The van der Waals surface area contributed by atoms with Crippen LogP contribution in [-0.2, 0) is 6.42 Å². The molecule has 1 saturated carbocycles. The summed E-state index contributed by atoms with van der Waals surface area (Å²) in [6.45, 7) is 8.39. The molecule has 2 nitrogen and oxygen atoms in total. The molecule has 0 heterocycles. The Balaban J connectivity index is 1.18. The molecule has 0 N–H and O–H groups in total. The number of allylic oxidation sites excluding steroid dienone is 5. The van der Waals surface area contributed by atoms with E-state index in [1.165, 1.54) is 44.9 Å². The lowest BCUT2D eigenvalue weighted by Gasteiger charge is -2.36. The Bertz CT molecular complexity index is 1800. The van der Waals surface area contributed by atoms with E-state index >= 15 is 0 Å². The molecular formula is C42H40N2. The van der Waals surface area contributed by atoms with Gasteiger partial charge in [-0.3, -0.25) is 0 Å². The summed E-state index contributed by atoms with van der Waals surface area (Å²) < 4.78 is 0. The lowest BCUT2D eigenvalue weighted by molar-refractivity contribution is 0.723. The fourth-order valence-corrected chi connectivity index (χ4v) is 6.88. The zero-order valence-electron chi connectivity index (χ0n) is 25.8. The molecule has 0 radical (unpaired) electrons. The maximum atomic E-state index is 4.00. The van der Waals surface area contributed by atoms with Gasteiger partial charge in [0.05, 0.1) is 5.54 Å². The van der Waals surface area contributed by atoms with Gasteiger partial charge in [-0.1, -0.05) is 98.5 Å². The van der Waals surface area contributed by atoms with E-state index in [1.54, 1.807) is 0 Å². The van der Waals surface area contributed by atoms with Crippen LogP contribution in [0.3, 0.4) is 0 Å². The van der Waals surface area contributed by atoms with Gasteiger partial charge in [0, 0.05) is 34.4 Å². The van der Waals surface area contributed by atoms with Crippen LogP contribution in [0.5, 0.6) is 0 Å². The Hall–Kier alpha value is -4.82. The molecule has 3 aliphatic rings. The van der Waals surface area contributed by atoms with Crippen LogP contribution in [0.25, 0.3) is 11.6 Å². The highest BCUT2D eigenvalue weighted by Crippen LogP contribution is 2.57. The topological polar surface area (TPSA) is 6.48 Å². The van der Waals surface area contributed by atoms with Gasteiger partial charge >= 0.3 is 0 Å². The summed E-state index contributed by atoms with van der Waals surface area (Å²) in [6, 6.07) is 35.4. The molecule has 4 aromatic carbocycles. The number of para-hydroxylation sites is 1. The van der Waals surface area contributed by atoms with Crippen molar-refractivity contribution in [2.75, 3.05) is 9.80 Å². The van der Waals surface area contributed by atoms with Crippen LogP contribution < -0.4 is 9.80 Å². The fourth-order valence-electron chi connectivity index (χ4n) is 6.88. The summed E-state index contributed by atoms with van der Waals surface area (Å²) in [4.78, 5) is 4.94. The van der Waals surface area contributed by atoms with Gasteiger partial charge in [0.1, 0.15) is 0 Å². The van der Waals surface area contributed by atoms with Gasteiger partial charge in [-0.2, -0.15) is 0 Å². The van der Waals surface area contributed by atoms with Gasteiger partial charge < -0.3 is 9.80 Å². The molecule has 0 amide bonds. The minimum absolute atomic E-state index is 0.0203. The summed E-state index contributed by atoms with van der Waals surface area (Å²) in [6.07, 6.45) is 20.6. The Morgan fingerprint density at radius 3 is 2.30 bits per heavy atom. The summed E-state index contributed by atoms with van der Waals surface area (Å²) in [5.74, 6) is 0.468. The lowest BCUT2D eigenvalue weighted by atomic mass is 9.94. The molecule has 4 aromatic rings. The SMILES string of the molecule is C=Cc1ccc(N(C2=CCCC=C2)C23C=CC(c4ccc(N(c5ccccc5)c5cccc(CC)c5)cc4)=CC2C3)cc1C. The average Bonchev–Trinajstić information content (AvgIpc) is 3.81. The van der Waals surface area contributed by atoms with E-state index < -0.39 is 0 Å². The van der Waals surface area contributed by atoms with Crippen molar-refractivity contribution in [3.63, 3.8) is 0 Å². The smallest absolute Gasteiger partial charge is 0.0707 e. The molecule has 0 saturated heterocycles. The van der Waals surface area contributed by atoms with Gasteiger partial charge in [0.15, 0.2) is 0 Å². The van der Waals surface area contributed by atoms with Gasteiger partial charge in [0.2, 0.25) is 0 Å². The standard InChI is InChI=1S/C42H40N2/c1-4-32-13-12-18-40(28-32)43(37-14-8-6-9-15-37)38-22-20-34(21-23-38)35-25-26-42(30-36(42)29-35)44(39-16-10-7-11-17-39)41-24-19-33(5-2)31(3)27-41/h5-6,8-10,12-29,36H,2,4,7,11,30H2,1,3H3. The molecule has 0 bridgehead atoms. The molecule has 2 unspecified atom stereocenters. The summed E-state index contributed by atoms with van der Waals surface area (Å²) in [7, 11) is 0. The summed E-state index contributed by atoms with van der Waals surface area (Å²) in [5.41, 5.74) is 12.4. The third kappa shape index (κ3) is 5.15. The average molecular weight is 573 g/mol. The largest absolute Gasteiger partial charge is 0.331 e. The number of fused-ring (bicyclic) bond motifs is 1. The highest BCUT2D eigenvalue weighted by molar-refractivity contribution is 5.82. The number of anilines is 4. The van der Waals surface area contributed by atoms with E-state index in [9.17, 15) is 0 Å². The fraction of sp³-hybridized carbons (Fsp3) is 0.190. The van der Waals surface area contributed by atoms with Crippen LogP contribution in [0.2, 0.25) is 0 Å². The lowest BCUT2D eigenvalue weighted by Crippen LogP contribution is -2.37. The normalized spacial score (nSPS) is 19.9. The monoisotopic (exact) mass is 572 g/mol. The van der Waals surface area contributed by atoms with Crippen LogP contribution in [0.1, 0.15) is 48.4 Å². The maximum absolute atomic E-state index is 4.00. The van der Waals surface area contributed by atoms with Crippen molar-refractivity contribution in [3.8, 4) is 0 Å². The van der Waals surface area contributed by atoms with Crippen LogP contribution in [-0.4, -0.2) is 5.54 Å². The molecule has 2 heteroatoms. The highest BCUT2D eigenvalue weighted by atomic mass is 15.3. The number of rotatable bonds is 9. The van der Waals surface area contributed by atoms with Crippen LogP contribution >= 0.6 is 0 Å². The molecule has 3 aliphatic carbocycles. The molecule has 0 spiro atoms. The van der Waals surface area contributed by atoms with E-state index in [4.69, 9.17) is 0 Å². The molecule has 2 atom stereocenters. The molecule has 0 aromatic heterocycles. The first-order valence-electron chi connectivity index (χ1n) is 16.0. The van der Waals surface area contributed by atoms with Gasteiger partial charge in [-0.15, -0.1) is 0 Å². The van der Waals surface area contributed by atoms with Crippen LogP contribution in [0.15, 0.2) is 146 Å². The van der Waals surface area contributed by atoms with Crippen molar-refractivity contribution in [3.05, 3.63) is 168 Å². The molecule has 1 fully saturated rings. The van der Waals surface area contributed by atoms with Crippen LogP contribution in [0.4, 0.5) is 22.7 Å². The van der Waals surface area contributed by atoms with E-state index in [0.717, 1.165) is 37.1 Å². The zero-order chi connectivity index (χ0) is 30.1. The molecule has 218 valence electrons. The molecule has 7 rings (SSSR count). The Morgan fingerprint density at radius 1 is 0.818 bits per heavy atom.